The number of aryl methyl sites for hydroxylation is 2. The molecule has 3 fully saturated rings. The molecule has 0 aromatic heterocycles. The highest BCUT2D eigenvalue weighted by Crippen LogP contribution is 2.59. The van der Waals surface area contributed by atoms with Gasteiger partial charge in [0.25, 0.3) is 0 Å². The number of para-hydroxylation sites is 2. The van der Waals surface area contributed by atoms with Gasteiger partial charge in [-0.15, -0.1) is 0 Å². The summed E-state index contributed by atoms with van der Waals surface area (Å²) in [6, 6.07) is 13.4. The van der Waals surface area contributed by atoms with E-state index in [4.69, 9.17) is 4.74 Å². The van der Waals surface area contributed by atoms with Crippen LogP contribution >= 0.6 is 0 Å². The van der Waals surface area contributed by atoms with Crippen molar-refractivity contribution in [3.63, 3.8) is 0 Å². The highest BCUT2D eigenvalue weighted by Gasteiger charge is 2.75. The van der Waals surface area contributed by atoms with Gasteiger partial charge in [0, 0.05) is 11.4 Å². The number of benzene rings is 2. The van der Waals surface area contributed by atoms with Crippen molar-refractivity contribution in [3.05, 3.63) is 59.7 Å². The van der Waals surface area contributed by atoms with Crippen LogP contribution in [0.2, 0.25) is 0 Å². The first-order valence-electron chi connectivity index (χ1n) is 13.0. The number of nitrogens with one attached hydrogen (secondary N) is 2. The molecule has 3 aliphatic heterocycles. The van der Waals surface area contributed by atoms with Crippen molar-refractivity contribution in [2.45, 2.75) is 64.3 Å². The van der Waals surface area contributed by atoms with Crippen molar-refractivity contribution < 1.29 is 24.2 Å². The highest BCUT2D eigenvalue weighted by atomic mass is 16.5. The number of ether oxygens (including phenoxy) is 1. The van der Waals surface area contributed by atoms with Gasteiger partial charge in [-0.05, 0) is 55.9 Å². The number of fused-ring (bicyclic) bond motifs is 1. The molecule has 8 heteroatoms. The second-order valence-electron chi connectivity index (χ2n) is 10.9. The number of anilines is 2. The second kappa shape index (κ2) is 9.58. The van der Waals surface area contributed by atoms with Crippen LogP contribution in [0, 0.1) is 31.6 Å². The Labute approximate surface area is 217 Å². The van der Waals surface area contributed by atoms with Gasteiger partial charge in [-0.25, -0.2) is 0 Å². The number of amides is 3. The fourth-order valence-corrected chi connectivity index (χ4v) is 6.62. The molecule has 0 radical (unpaired) electrons. The molecular weight excluding hydrogens is 470 g/mol. The molecule has 0 saturated carbocycles. The number of rotatable bonds is 7. The Bertz CT molecular complexity index is 1200. The van der Waals surface area contributed by atoms with Crippen LogP contribution in [-0.2, 0) is 19.1 Å². The fraction of sp³-hybridized carbons (Fsp3) is 0.483. The first-order chi connectivity index (χ1) is 17.7. The van der Waals surface area contributed by atoms with E-state index < -0.39 is 35.6 Å². The normalized spacial score (nSPS) is 28.9. The van der Waals surface area contributed by atoms with Crippen LogP contribution < -0.4 is 10.6 Å². The number of carbonyl (C=O) groups excluding carboxylic acids is 3. The minimum atomic E-state index is -1.12. The Balaban J connectivity index is 1.53. The molecule has 2 aromatic carbocycles. The van der Waals surface area contributed by atoms with Gasteiger partial charge in [0.05, 0.1) is 30.6 Å². The van der Waals surface area contributed by atoms with E-state index in [1.165, 1.54) is 4.90 Å². The molecule has 8 nitrogen and oxygen atoms in total. The summed E-state index contributed by atoms with van der Waals surface area (Å²) in [6.07, 6.45) is 0.645. The Kier molecular flexibility index (Phi) is 6.58. The molecular formula is C29H35N3O5. The lowest BCUT2D eigenvalue weighted by Crippen LogP contribution is -2.57. The Morgan fingerprint density at radius 1 is 1.05 bits per heavy atom. The standard InChI is InChI=1S/C29H35N3O5/c1-16(2)20(15-33)32-25(27(35)31-24-17(3)9-8-10-18(24)4)29-14-13-21(37-29)22(23(29)28(32)36)26(34)30-19-11-6-5-7-12-19/h5-12,16,20-23,25,33H,13-15H2,1-4H3,(H,30,34)(H,31,35)/t20-,21-,22+,23-,25?,29?/m0/s1. The van der Waals surface area contributed by atoms with E-state index in [0.29, 0.717) is 24.2 Å². The van der Waals surface area contributed by atoms with Gasteiger partial charge in [-0.1, -0.05) is 50.2 Å². The molecule has 196 valence electrons. The summed E-state index contributed by atoms with van der Waals surface area (Å²) in [6.45, 7) is 7.39. The van der Waals surface area contributed by atoms with Crippen LogP contribution in [0.25, 0.3) is 0 Å². The Morgan fingerprint density at radius 3 is 2.35 bits per heavy atom. The van der Waals surface area contributed by atoms with Gasteiger partial charge in [0.2, 0.25) is 17.7 Å². The lowest BCUT2D eigenvalue weighted by molar-refractivity contribution is -0.144. The smallest absolute Gasteiger partial charge is 0.250 e. The average molecular weight is 506 g/mol. The maximum absolute atomic E-state index is 14.1. The molecule has 3 aliphatic rings. The molecule has 3 N–H and O–H groups in total. The van der Waals surface area contributed by atoms with Crippen LogP contribution in [0.1, 0.15) is 37.8 Å². The summed E-state index contributed by atoms with van der Waals surface area (Å²) in [7, 11) is 0. The molecule has 6 atom stereocenters. The monoisotopic (exact) mass is 505 g/mol. The molecule has 2 aromatic rings. The molecule has 37 heavy (non-hydrogen) atoms. The van der Waals surface area contributed by atoms with E-state index >= 15 is 0 Å². The topological polar surface area (TPSA) is 108 Å². The molecule has 1 spiro atoms. The Hall–Kier alpha value is -3.23. The number of nitrogens with zero attached hydrogens (tertiary/aromatic N) is 1. The lowest BCUT2D eigenvalue weighted by atomic mass is 9.70. The first-order valence-corrected chi connectivity index (χ1v) is 13.0. The van der Waals surface area contributed by atoms with Crippen LogP contribution in [0.15, 0.2) is 48.5 Å². The van der Waals surface area contributed by atoms with E-state index in [9.17, 15) is 19.5 Å². The molecule has 0 aliphatic carbocycles. The van der Waals surface area contributed by atoms with Crippen molar-refractivity contribution in [2.24, 2.45) is 17.8 Å². The van der Waals surface area contributed by atoms with Crippen molar-refractivity contribution in [1.29, 1.82) is 0 Å². The van der Waals surface area contributed by atoms with E-state index in [1.807, 2.05) is 64.1 Å². The van der Waals surface area contributed by atoms with Crippen LogP contribution in [-0.4, -0.2) is 58.1 Å². The van der Waals surface area contributed by atoms with Gasteiger partial charge in [-0.2, -0.15) is 0 Å². The van der Waals surface area contributed by atoms with Gasteiger partial charge in [0.1, 0.15) is 11.6 Å². The second-order valence-corrected chi connectivity index (χ2v) is 10.9. The lowest BCUT2D eigenvalue weighted by Gasteiger charge is -2.38. The van der Waals surface area contributed by atoms with Crippen LogP contribution in [0.3, 0.4) is 0 Å². The molecule has 2 unspecified atom stereocenters. The van der Waals surface area contributed by atoms with Gasteiger partial charge < -0.3 is 25.4 Å². The third-order valence-corrected chi connectivity index (χ3v) is 8.37. The average Bonchev–Trinajstić information content (AvgIpc) is 3.50. The minimum Gasteiger partial charge on any atom is -0.394 e. The zero-order chi connectivity index (χ0) is 26.5. The number of likely N-dealkylation sites (tertiary alicyclic amines) is 1. The predicted molar refractivity (Wildman–Crippen MR) is 140 cm³/mol. The van der Waals surface area contributed by atoms with Gasteiger partial charge in [0.15, 0.2) is 0 Å². The minimum absolute atomic E-state index is 0.103. The molecule has 3 amide bonds. The summed E-state index contributed by atoms with van der Waals surface area (Å²) in [4.78, 5) is 43.2. The number of hydrogen-bond acceptors (Lipinski definition) is 5. The maximum Gasteiger partial charge on any atom is 0.250 e. The van der Waals surface area contributed by atoms with E-state index in [1.54, 1.807) is 12.1 Å². The predicted octanol–water partition coefficient (Wildman–Crippen LogP) is 3.27. The van der Waals surface area contributed by atoms with E-state index in [-0.39, 0.29) is 30.2 Å². The zero-order valence-electron chi connectivity index (χ0n) is 21.7. The molecule has 3 saturated heterocycles. The highest BCUT2D eigenvalue weighted by molar-refractivity contribution is 6.05. The quantitative estimate of drug-likeness (QED) is 0.535. The van der Waals surface area contributed by atoms with Crippen LogP contribution in [0.4, 0.5) is 11.4 Å². The number of aliphatic hydroxyl groups excluding tert-OH is 1. The number of aliphatic hydroxyl groups is 1. The number of hydrogen-bond donors (Lipinski definition) is 3. The third kappa shape index (κ3) is 4.03. The molecule has 2 bridgehead atoms. The fourth-order valence-electron chi connectivity index (χ4n) is 6.62. The maximum atomic E-state index is 14.1. The Morgan fingerprint density at radius 2 is 1.73 bits per heavy atom. The largest absolute Gasteiger partial charge is 0.394 e. The van der Waals surface area contributed by atoms with Crippen LogP contribution in [0.5, 0.6) is 0 Å². The number of carbonyl (C=O) groups is 3. The zero-order valence-corrected chi connectivity index (χ0v) is 21.7. The van der Waals surface area contributed by atoms with Gasteiger partial charge in [-0.3, -0.25) is 14.4 Å². The van der Waals surface area contributed by atoms with E-state index in [0.717, 1.165) is 11.1 Å². The van der Waals surface area contributed by atoms with E-state index in [2.05, 4.69) is 10.6 Å². The van der Waals surface area contributed by atoms with Crippen molar-refractivity contribution in [3.8, 4) is 0 Å². The van der Waals surface area contributed by atoms with Crippen molar-refractivity contribution >= 4 is 29.1 Å². The van der Waals surface area contributed by atoms with Gasteiger partial charge >= 0.3 is 0 Å². The summed E-state index contributed by atoms with van der Waals surface area (Å²) in [5.74, 6) is -2.54. The summed E-state index contributed by atoms with van der Waals surface area (Å²) in [5, 5.41) is 16.3. The summed E-state index contributed by atoms with van der Waals surface area (Å²) >= 11 is 0. The molecule has 3 heterocycles. The van der Waals surface area contributed by atoms with Crippen molar-refractivity contribution in [2.75, 3.05) is 17.2 Å². The SMILES string of the molecule is Cc1cccc(C)c1NC(=O)C1N([C@@H](CO)C(C)C)C(=O)[C@@H]2[C@H](C(=O)Nc3ccccc3)[C@@H]3CCC12O3. The summed E-state index contributed by atoms with van der Waals surface area (Å²) < 4.78 is 6.50. The molecule has 5 rings (SSSR count). The third-order valence-electron chi connectivity index (χ3n) is 8.37. The summed E-state index contributed by atoms with van der Waals surface area (Å²) in [5.41, 5.74) is 2.06. The first kappa shape index (κ1) is 25.4. The van der Waals surface area contributed by atoms with Crippen molar-refractivity contribution in [1.82, 2.24) is 4.90 Å².